The first kappa shape index (κ1) is 20.7. The van der Waals surface area contributed by atoms with E-state index in [9.17, 15) is 4.79 Å². The van der Waals surface area contributed by atoms with E-state index in [4.69, 9.17) is 9.73 Å². The summed E-state index contributed by atoms with van der Waals surface area (Å²) in [6, 6.07) is 28.2. The summed E-state index contributed by atoms with van der Waals surface area (Å²) in [6.07, 6.45) is 3.83. The average molecular weight is 448 g/mol. The fourth-order valence-corrected chi connectivity index (χ4v) is 3.57. The maximum atomic E-state index is 11.5. The molecular formula is C25H22BrNO2. The third kappa shape index (κ3) is 5.75. The molecule has 0 amide bonds. The molecular weight excluding hydrogens is 426 g/mol. The molecule has 0 radical (unpaired) electrons. The lowest BCUT2D eigenvalue weighted by atomic mass is 9.99. The van der Waals surface area contributed by atoms with Gasteiger partial charge in [-0.15, -0.1) is 0 Å². The van der Waals surface area contributed by atoms with Crippen molar-refractivity contribution < 1.29 is 9.53 Å². The largest absolute Gasteiger partial charge is 0.466 e. The molecule has 0 spiro atoms. The van der Waals surface area contributed by atoms with Gasteiger partial charge in [0, 0.05) is 21.7 Å². The van der Waals surface area contributed by atoms with Crippen molar-refractivity contribution in [1.82, 2.24) is 0 Å². The number of esters is 1. The molecule has 0 aliphatic carbocycles. The van der Waals surface area contributed by atoms with Gasteiger partial charge < -0.3 is 4.74 Å². The molecule has 3 nitrogen and oxygen atoms in total. The molecule has 1 atom stereocenters. The number of carbonyl (C=O) groups is 1. The van der Waals surface area contributed by atoms with Crippen LogP contribution in [-0.2, 0) is 9.53 Å². The SMILES string of the molecule is COC(=O)/C=C/CC(N=C(c1ccccc1)c1ccccc1)c1ccccc1Br. The van der Waals surface area contributed by atoms with E-state index >= 15 is 0 Å². The van der Waals surface area contributed by atoms with Crippen LogP contribution in [0.15, 0.2) is 107 Å². The maximum absolute atomic E-state index is 11.5. The molecule has 0 aromatic heterocycles. The molecule has 3 aromatic rings. The zero-order valence-electron chi connectivity index (χ0n) is 16.2. The molecule has 0 bridgehead atoms. The summed E-state index contributed by atoms with van der Waals surface area (Å²) in [5.74, 6) is -0.369. The molecule has 4 heteroatoms. The Morgan fingerprint density at radius 2 is 1.48 bits per heavy atom. The standard InChI is InChI=1S/C25H22BrNO2/c1-29-24(28)18-10-17-23(21-15-8-9-16-22(21)26)27-25(19-11-4-2-5-12-19)20-13-6-3-7-14-20/h2-16,18,23H,17H2,1H3/b18-10+. The van der Waals surface area contributed by atoms with Gasteiger partial charge in [0.1, 0.15) is 0 Å². The van der Waals surface area contributed by atoms with E-state index in [2.05, 4.69) is 46.3 Å². The lowest BCUT2D eigenvalue weighted by Crippen LogP contribution is -2.07. The summed E-state index contributed by atoms with van der Waals surface area (Å²) < 4.78 is 5.70. The van der Waals surface area contributed by atoms with Crippen LogP contribution in [0.2, 0.25) is 0 Å². The van der Waals surface area contributed by atoms with Gasteiger partial charge in [-0.05, 0) is 18.1 Å². The van der Waals surface area contributed by atoms with Crippen molar-refractivity contribution in [2.45, 2.75) is 12.5 Å². The first-order chi connectivity index (χ1) is 14.2. The highest BCUT2D eigenvalue weighted by molar-refractivity contribution is 9.10. The molecule has 0 aliphatic rings. The van der Waals surface area contributed by atoms with Gasteiger partial charge in [0.25, 0.3) is 0 Å². The number of nitrogens with zero attached hydrogens (tertiary/aromatic N) is 1. The second kappa shape index (κ2) is 10.5. The van der Waals surface area contributed by atoms with Gasteiger partial charge in [-0.3, -0.25) is 4.99 Å². The third-order valence-electron chi connectivity index (χ3n) is 4.46. The number of aliphatic imine (C=N–C) groups is 1. The predicted molar refractivity (Wildman–Crippen MR) is 121 cm³/mol. The summed E-state index contributed by atoms with van der Waals surface area (Å²) in [4.78, 5) is 16.7. The molecule has 0 aliphatic heterocycles. The van der Waals surface area contributed by atoms with Crippen LogP contribution in [0.4, 0.5) is 0 Å². The van der Waals surface area contributed by atoms with Crippen LogP contribution in [0, 0.1) is 0 Å². The molecule has 146 valence electrons. The number of hydrogen-bond donors (Lipinski definition) is 0. The number of halogens is 1. The van der Waals surface area contributed by atoms with Crippen LogP contribution in [0.3, 0.4) is 0 Å². The summed E-state index contributed by atoms with van der Waals surface area (Å²) in [6.45, 7) is 0. The van der Waals surface area contributed by atoms with Gasteiger partial charge in [0.2, 0.25) is 0 Å². The number of ether oxygens (including phenoxy) is 1. The Morgan fingerprint density at radius 1 is 0.931 bits per heavy atom. The molecule has 3 aromatic carbocycles. The number of rotatable bonds is 7. The van der Waals surface area contributed by atoms with Crippen molar-refractivity contribution in [2.75, 3.05) is 7.11 Å². The topological polar surface area (TPSA) is 38.7 Å². The van der Waals surface area contributed by atoms with Gasteiger partial charge in [-0.25, -0.2) is 4.79 Å². The van der Waals surface area contributed by atoms with E-state index in [1.54, 1.807) is 0 Å². The maximum Gasteiger partial charge on any atom is 0.330 e. The number of hydrogen-bond acceptors (Lipinski definition) is 3. The second-order valence-electron chi connectivity index (χ2n) is 6.41. The van der Waals surface area contributed by atoms with Crippen molar-refractivity contribution in [3.8, 4) is 0 Å². The Labute approximate surface area is 179 Å². The minimum Gasteiger partial charge on any atom is -0.466 e. The van der Waals surface area contributed by atoms with Crippen molar-refractivity contribution >= 4 is 27.6 Å². The summed E-state index contributed by atoms with van der Waals surface area (Å²) in [7, 11) is 1.37. The van der Waals surface area contributed by atoms with Crippen LogP contribution in [-0.4, -0.2) is 18.8 Å². The van der Waals surface area contributed by atoms with Gasteiger partial charge >= 0.3 is 5.97 Å². The van der Waals surface area contributed by atoms with Crippen molar-refractivity contribution in [1.29, 1.82) is 0 Å². The molecule has 0 N–H and O–H groups in total. The quantitative estimate of drug-likeness (QED) is 0.247. The zero-order valence-corrected chi connectivity index (χ0v) is 17.7. The molecule has 3 rings (SSSR count). The molecule has 0 fully saturated rings. The lowest BCUT2D eigenvalue weighted by molar-refractivity contribution is -0.134. The van der Waals surface area contributed by atoms with Crippen LogP contribution in [0.5, 0.6) is 0 Å². The normalized spacial score (nSPS) is 11.8. The lowest BCUT2D eigenvalue weighted by Gasteiger charge is -2.16. The Balaban J connectivity index is 2.08. The van der Waals surface area contributed by atoms with Gasteiger partial charge in [0.15, 0.2) is 0 Å². The number of benzene rings is 3. The third-order valence-corrected chi connectivity index (χ3v) is 5.18. The Kier molecular flexibility index (Phi) is 7.54. The summed E-state index contributed by atoms with van der Waals surface area (Å²) in [5, 5.41) is 0. The van der Waals surface area contributed by atoms with Crippen LogP contribution < -0.4 is 0 Å². The van der Waals surface area contributed by atoms with E-state index in [0.717, 1.165) is 26.9 Å². The van der Waals surface area contributed by atoms with E-state index < -0.39 is 0 Å². The molecule has 1 unspecified atom stereocenters. The second-order valence-corrected chi connectivity index (χ2v) is 7.26. The first-order valence-corrected chi connectivity index (χ1v) is 10.2. The Bertz CT molecular complexity index is 956. The van der Waals surface area contributed by atoms with Crippen LogP contribution in [0.1, 0.15) is 29.2 Å². The highest BCUT2D eigenvalue weighted by Gasteiger charge is 2.15. The monoisotopic (exact) mass is 447 g/mol. The van der Waals surface area contributed by atoms with Crippen molar-refractivity contribution in [3.05, 3.63) is 118 Å². The van der Waals surface area contributed by atoms with E-state index in [0.29, 0.717) is 6.42 Å². The molecule has 29 heavy (non-hydrogen) atoms. The van der Waals surface area contributed by atoms with Crippen molar-refractivity contribution in [2.24, 2.45) is 4.99 Å². The number of methoxy groups -OCH3 is 1. The number of carbonyl (C=O) groups excluding carboxylic acids is 1. The van der Waals surface area contributed by atoms with Gasteiger partial charge in [-0.1, -0.05) is 101 Å². The zero-order chi connectivity index (χ0) is 20.5. The highest BCUT2D eigenvalue weighted by Crippen LogP contribution is 2.30. The molecule has 0 saturated heterocycles. The predicted octanol–water partition coefficient (Wildman–Crippen LogP) is 6.15. The van der Waals surface area contributed by atoms with Crippen LogP contribution >= 0.6 is 15.9 Å². The highest BCUT2D eigenvalue weighted by atomic mass is 79.9. The minimum absolute atomic E-state index is 0.165. The van der Waals surface area contributed by atoms with Gasteiger partial charge in [-0.2, -0.15) is 0 Å². The Hall–Kier alpha value is -2.98. The van der Waals surface area contributed by atoms with E-state index in [-0.39, 0.29) is 12.0 Å². The molecule has 0 saturated carbocycles. The van der Waals surface area contributed by atoms with Crippen LogP contribution in [0.25, 0.3) is 0 Å². The average Bonchev–Trinajstić information content (AvgIpc) is 2.77. The first-order valence-electron chi connectivity index (χ1n) is 9.36. The minimum atomic E-state index is -0.369. The van der Waals surface area contributed by atoms with Crippen molar-refractivity contribution in [3.63, 3.8) is 0 Å². The fraction of sp³-hybridized carbons (Fsp3) is 0.120. The van der Waals surface area contributed by atoms with E-state index in [1.807, 2.05) is 60.7 Å². The summed E-state index contributed by atoms with van der Waals surface area (Å²) in [5.41, 5.74) is 4.07. The van der Waals surface area contributed by atoms with Gasteiger partial charge in [0.05, 0.1) is 18.9 Å². The summed E-state index contributed by atoms with van der Waals surface area (Å²) >= 11 is 3.65. The Morgan fingerprint density at radius 3 is 2.03 bits per heavy atom. The fourth-order valence-electron chi connectivity index (χ4n) is 3.02. The molecule has 0 heterocycles. The smallest absolute Gasteiger partial charge is 0.330 e. The van der Waals surface area contributed by atoms with E-state index in [1.165, 1.54) is 13.2 Å².